The van der Waals surface area contributed by atoms with Gasteiger partial charge >= 0.3 is 0 Å². The highest BCUT2D eigenvalue weighted by Gasteiger charge is 2.30. The zero-order chi connectivity index (χ0) is 21.6. The van der Waals surface area contributed by atoms with Crippen LogP contribution in [0, 0.1) is 0 Å². The van der Waals surface area contributed by atoms with Crippen LogP contribution in [0.1, 0.15) is 41.7 Å². The molecule has 1 amide bonds. The molecule has 1 unspecified atom stereocenters. The molecule has 0 fully saturated rings. The molecule has 1 atom stereocenters. The maximum Gasteiger partial charge on any atom is 0.244 e. The lowest BCUT2D eigenvalue weighted by atomic mass is 10.0. The minimum atomic E-state index is -3.65. The summed E-state index contributed by atoms with van der Waals surface area (Å²) in [4.78, 5) is 16.4. The molecule has 3 aromatic rings. The van der Waals surface area contributed by atoms with Crippen molar-refractivity contribution in [3.63, 3.8) is 0 Å². The molecule has 0 aliphatic rings. The van der Waals surface area contributed by atoms with Crippen LogP contribution in [-0.2, 0) is 14.6 Å². The van der Waals surface area contributed by atoms with Crippen molar-refractivity contribution in [1.82, 2.24) is 10.3 Å². The lowest BCUT2D eigenvalue weighted by molar-refractivity contribution is -0.116. The topological polar surface area (TPSA) is 76.1 Å². The largest absolute Gasteiger partial charge is 0.351 e. The molecule has 7 heteroatoms. The first-order chi connectivity index (χ1) is 14.4. The molecule has 156 valence electrons. The van der Waals surface area contributed by atoms with Crippen LogP contribution >= 0.6 is 11.3 Å². The average Bonchev–Trinajstić information content (AvgIpc) is 3.29. The number of nitrogens with one attached hydrogen (secondary N) is 1. The van der Waals surface area contributed by atoms with Gasteiger partial charge in [-0.25, -0.2) is 8.42 Å². The number of benzene rings is 1. The fraction of sp³-hybridized carbons (Fsp3) is 0.217. The number of hydrogen-bond donors (Lipinski definition) is 1. The van der Waals surface area contributed by atoms with Gasteiger partial charge in [0, 0.05) is 25.0 Å². The summed E-state index contributed by atoms with van der Waals surface area (Å²) in [6.45, 7) is 4.21. The molecule has 0 aliphatic carbocycles. The third-order valence-corrected chi connectivity index (χ3v) is 8.23. The normalized spacial score (nSPS) is 12.9. The highest BCUT2D eigenvalue weighted by molar-refractivity contribution is 7.93. The summed E-state index contributed by atoms with van der Waals surface area (Å²) in [6.07, 6.45) is 6.24. The summed E-state index contributed by atoms with van der Waals surface area (Å²) >= 11 is 1.16. The van der Waals surface area contributed by atoms with Crippen LogP contribution in [0.4, 0.5) is 0 Å². The van der Waals surface area contributed by atoms with Crippen LogP contribution in [0.3, 0.4) is 0 Å². The lowest BCUT2D eigenvalue weighted by Crippen LogP contribution is -2.30. The van der Waals surface area contributed by atoms with Crippen molar-refractivity contribution >= 4 is 33.2 Å². The molecule has 0 saturated carbocycles. The molecule has 1 N–H and O–H groups in total. The highest BCUT2D eigenvalue weighted by Crippen LogP contribution is 2.30. The molecule has 3 rings (SSSR count). The number of amides is 1. The predicted molar refractivity (Wildman–Crippen MR) is 121 cm³/mol. The van der Waals surface area contributed by atoms with E-state index in [0.29, 0.717) is 11.5 Å². The monoisotopic (exact) mass is 440 g/mol. The number of carbonyl (C=O) groups is 1. The third kappa shape index (κ3) is 5.43. The first kappa shape index (κ1) is 21.9. The van der Waals surface area contributed by atoms with E-state index in [0.717, 1.165) is 16.9 Å². The second kappa shape index (κ2) is 9.82. The minimum Gasteiger partial charge on any atom is -0.351 e. The number of nitrogens with zero attached hydrogens (tertiary/aromatic N) is 1. The second-order valence-corrected chi connectivity index (χ2v) is 10.5. The maximum absolute atomic E-state index is 13.1. The predicted octanol–water partition coefficient (Wildman–Crippen LogP) is 4.61. The van der Waals surface area contributed by atoms with Gasteiger partial charge in [-0.1, -0.05) is 50.2 Å². The van der Waals surface area contributed by atoms with Crippen LogP contribution in [-0.4, -0.2) is 25.9 Å². The fourth-order valence-electron chi connectivity index (χ4n) is 2.95. The molecule has 1 aromatic carbocycles. The van der Waals surface area contributed by atoms with E-state index in [-0.39, 0.29) is 16.7 Å². The summed E-state index contributed by atoms with van der Waals surface area (Å²) in [5.41, 5.74) is 2.68. The molecule has 5 nitrogen and oxygen atoms in total. The Hall–Kier alpha value is -2.77. The van der Waals surface area contributed by atoms with Crippen LogP contribution in [0.2, 0.25) is 0 Å². The molecule has 0 saturated heterocycles. The van der Waals surface area contributed by atoms with Gasteiger partial charge in [0.05, 0.1) is 0 Å². The number of thiophene rings is 1. The van der Waals surface area contributed by atoms with E-state index in [2.05, 4.69) is 24.1 Å². The van der Waals surface area contributed by atoms with E-state index in [1.165, 1.54) is 17.8 Å². The van der Waals surface area contributed by atoms with Crippen molar-refractivity contribution in [3.05, 3.63) is 89.1 Å². The van der Waals surface area contributed by atoms with Gasteiger partial charge in [0.15, 0.2) is 9.84 Å². The van der Waals surface area contributed by atoms with Crippen molar-refractivity contribution in [2.45, 2.75) is 29.2 Å². The van der Waals surface area contributed by atoms with E-state index >= 15 is 0 Å². The quantitative estimate of drug-likeness (QED) is 0.519. The van der Waals surface area contributed by atoms with Crippen LogP contribution in [0.15, 0.2) is 76.6 Å². The molecule has 0 aliphatic heterocycles. The Morgan fingerprint density at radius 3 is 2.47 bits per heavy atom. The van der Waals surface area contributed by atoms with Crippen molar-refractivity contribution < 1.29 is 13.2 Å². The Labute approximate surface area is 181 Å². The van der Waals surface area contributed by atoms with Crippen LogP contribution in [0.25, 0.3) is 6.08 Å². The van der Waals surface area contributed by atoms with Crippen LogP contribution < -0.4 is 5.32 Å². The third-order valence-electron chi connectivity index (χ3n) is 4.70. The van der Waals surface area contributed by atoms with E-state index in [9.17, 15) is 13.2 Å². The molecule has 2 heterocycles. The van der Waals surface area contributed by atoms with E-state index in [4.69, 9.17) is 0 Å². The van der Waals surface area contributed by atoms with Gasteiger partial charge in [0.25, 0.3) is 0 Å². The van der Waals surface area contributed by atoms with Gasteiger partial charge in [-0.05, 0) is 46.2 Å². The first-order valence-electron chi connectivity index (χ1n) is 9.61. The maximum atomic E-state index is 13.1. The highest BCUT2D eigenvalue weighted by atomic mass is 32.2. The lowest BCUT2D eigenvalue weighted by Gasteiger charge is -2.17. The molecule has 0 radical (unpaired) electrons. The number of sulfone groups is 1. The summed E-state index contributed by atoms with van der Waals surface area (Å²) < 4.78 is 26.4. The summed E-state index contributed by atoms with van der Waals surface area (Å²) in [6, 6.07) is 14.7. The number of pyridine rings is 1. The standard InChI is InChI=1S/C23H24N2O3S2/c1-17(2)19-10-7-18(8-11-19)9-12-22(26)25-16-21(20-5-3-13-24-15-20)30(27,28)23-6-4-14-29-23/h3-15,17,21H,16H2,1-2H3,(H,25,26)/b12-9+. The molecular formula is C23H24N2O3S2. The Bertz CT molecular complexity index is 1090. The molecule has 2 aromatic heterocycles. The number of carbonyl (C=O) groups excluding carboxylic acids is 1. The van der Waals surface area contributed by atoms with Gasteiger partial charge in [-0.3, -0.25) is 9.78 Å². The van der Waals surface area contributed by atoms with Gasteiger partial charge in [0.1, 0.15) is 9.46 Å². The Balaban J connectivity index is 1.72. The van der Waals surface area contributed by atoms with Gasteiger partial charge in [-0.15, -0.1) is 11.3 Å². The Morgan fingerprint density at radius 2 is 1.87 bits per heavy atom. The summed E-state index contributed by atoms with van der Waals surface area (Å²) in [5.74, 6) is 0.0965. The first-order valence-corrected chi connectivity index (χ1v) is 12.0. The van der Waals surface area contributed by atoms with Gasteiger partial charge < -0.3 is 5.32 Å². The van der Waals surface area contributed by atoms with E-state index < -0.39 is 15.1 Å². The molecule has 30 heavy (non-hydrogen) atoms. The van der Waals surface area contributed by atoms with Crippen molar-refractivity contribution in [1.29, 1.82) is 0 Å². The molecule has 0 spiro atoms. The zero-order valence-electron chi connectivity index (χ0n) is 16.9. The summed E-state index contributed by atoms with van der Waals surface area (Å²) in [7, 11) is -3.65. The van der Waals surface area contributed by atoms with E-state index in [1.54, 1.807) is 41.9 Å². The second-order valence-electron chi connectivity index (χ2n) is 7.15. The Kier molecular flexibility index (Phi) is 7.18. The minimum absolute atomic E-state index is 0.0403. The van der Waals surface area contributed by atoms with Gasteiger partial charge in [-0.2, -0.15) is 0 Å². The number of hydrogen-bond acceptors (Lipinski definition) is 5. The van der Waals surface area contributed by atoms with E-state index in [1.807, 2.05) is 24.3 Å². The number of aromatic nitrogens is 1. The molecule has 0 bridgehead atoms. The van der Waals surface area contributed by atoms with Crippen molar-refractivity contribution in [2.24, 2.45) is 0 Å². The van der Waals surface area contributed by atoms with Crippen molar-refractivity contribution in [3.8, 4) is 0 Å². The fourth-order valence-corrected chi connectivity index (χ4v) is 5.80. The SMILES string of the molecule is CC(C)c1ccc(/C=C/C(=O)NCC(c2cccnc2)S(=O)(=O)c2cccs2)cc1. The average molecular weight is 441 g/mol. The number of rotatable bonds is 8. The van der Waals surface area contributed by atoms with Crippen molar-refractivity contribution in [2.75, 3.05) is 6.54 Å². The van der Waals surface area contributed by atoms with Crippen LogP contribution in [0.5, 0.6) is 0 Å². The van der Waals surface area contributed by atoms with Gasteiger partial charge in [0.2, 0.25) is 5.91 Å². The summed E-state index contributed by atoms with van der Waals surface area (Å²) in [5, 5.41) is 3.53. The molecular weight excluding hydrogens is 416 g/mol. The Morgan fingerprint density at radius 1 is 1.10 bits per heavy atom. The zero-order valence-corrected chi connectivity index (χ0v) is 18.5. The smallest absolute Gasteiger partial charge is 0.244 e.